The van der Waals surface area contributed by atoms with E-state index < -0.39 is 0 Å². The fourth-order valence-corrected chi connectivity index (χ4v) is 2.22. The van der Waals surface area contributed by atoms with E-state index in [9.17, 15) is 4.79 Å². The van der Waals surface area contributed by atoms with Gasteiger partial charge in [0.05, 0.1) is 0 Å². The lowest BCUT2D eigenvalue weighted by atomic mass is 10.0. The maximum Gasteiger partial charge on any atom is 0.241 e. The Hall–Kier alpha value is -0.610. The molecule has 1 saturated heterocycles. The Labute approximate surface area is 98.8 Å². The molecule has 0 aromatic rings. The van der Waals surface area contributed by atoms with E-state index in [0.717, 1.165) is 13.0 Å². The number of carbonyl (C=O) groups excluding carboxylic acids is 1. The SMILES string of the molecule is CC1CCN(C(C)(C)C)C(=O)C(CN)N1C. The van der Waals surface area contributed by atoms with Crippen LogP contribution in [0, 0.1) is 0 Å². The minimum atomic E-state index is -0.170. The molecule has 0 aliphatic carbocycles. The minimum absolute atomic E-state index is 0.116. The number of amides is 1. The number of rotatable bonds is 1. The largest absolute Gasteiger partial charge is 0.336 e. The van der Waals surface area contributed by atoms with Crippen molar-refractivity contribution in [1.29, 1.82) is 0 Å². The van der Waals surface area contributed by atoms with Crippen molar-refractivity contribution in [2.45, 2.75) is 51.7 Å². The summed E-state index contributed by atoms with van der Waals surface area (Å²) >= 11 is 0. The summed E-state index contributed by atoms with van der Waals surface area (Å²) in [7, 11) is 1.99. The third-order valence-corrected chi connectivity index (χ3v) is 3.54. The Morgan fingerprint density at radius 1 is 1.44 bits per heavy atom. The number of nitrogens with zero attached hydrogens (tertiary/aromatic N) is 2. The normalized spacial score (nSPS) is 29.4. The van der Waals surface area contributed by atoms with Gasteiger partial charge in [0, 0.05) is 24.7 Å². The van der Waals surface area contributed by atoms with Crippen LogP contribution in [0.3, 0.4) is 0 Å². The number of hydrogen-bond donors (Lipinski definition) is 1. The lowest BCUT2D eigenvalue weighted by Crippen LogP contribution is -2.54. The molecule has 1 heterocycles. The highest BCUT2D eigenvalue weighted by Crippen LogP contribution is 2.22. The maximum absolute atomic E-state index is 12.4. The fourth-order valence-electron chi connectivity index (χ4n) is 2.22. The molecule has 94 valence electrons. The first-order valence-electron chi connectivity index (χ1n) is 6.02. The number of hydrogen-bond acceptors (Lipinski definition) is 3. The summed E-state index contributed by atoms with van der Waals surface area (Å²) < 4.78 is 0. The van der Waals surface area contributed by atoms with Gasteiger partial charge in [-0.05, 0) is 41.2 Å². The molecule has 0 spiro atoms. The van der Waals surface area contributed by atoms with Gasteiger partial charge in [-0.3, -0.25) is 9.69 Å². The molecule has 0 radical (unpaired) electrons. The molecule has 2 N–H and O–H groups in total. The quantitative estimate of drug-likeness (QED) is 0.716. The van der Waals surface area contributed by atoms with E-state index >= 15 is 0 Å². The Morgan fingerprint density at radius 3 is 2.44 bits per heavy atom. The van der Waals surface area contributed by atoms with Crippen LogP contribution >= 0.6 is 0 Å². The van der Waals surface area contributed by atoms with Gasteiger partial charge in [0.2, 0.25) is 5.91 Å². The standard InChI is InChI=1S/C12H25N3O/c1-9-6-7-15(12(2,3)4)11(16)10(8-13)14(9)5/h9-10H,6-8,13H2,1-5H3. The monoisotopic (exact) mass is 227 g/mol. The van der Waals surface area contributed by atoms with E-state index in [1.165, 1.54) is 0 Å². The molecule has 4 nitrogen and oxygen atoms in total. The van der Waals surface area contributed by atoms with E-state index in [1.807, 2.05) is 11.9 Å². The number of likely N-dealkylation sites (N-methyl/N-ethyl adjacent to an activating group) is 1. The summed E-state index contributed by atoms with van der Waals surface area (Å²) in [6, 6.07) is 0.238. The van der Waals surface area contributed by atoms with Crippen LogP contribution in [0.1, 0.15) is 34.1 Å². The predicted octanol–water partition coefficient (Wildman–Crippen LogP) is 0.665. The van der Waals surface area contributed by atoms with Gasteiger partial charge in [0.15, 0.2) is 0 Å². The summed E-state index contributed by atoms with van der Waals surface area (Å²) in [6.07, 6.45) is 1.01. The molecule has 0 aromatic carbocycles. The maximum atomic E-state index is 12.4. The first-order chi connectivity index (χ1) is 7.29. The molecule has 1 amide bonds. The fraction of sp³-hybridized carbons (Fsp3) is 0.917. The van der Waals surface area contributed by atoms with Gasteiger partial charge in [0.25, 0.3) is 0 Å². The van der Waals surface area contributed by atoms with Crippen molar-refractivity contribution in [3.63, 3.8) is 0 Å². The lowest BCUT2D eigenvalue weighted by molar-refractivity contribution is -0.139. The number of nitrogens with two attached hydrogens (primary N) is 1. The van der Waals surface area contributed by atoms with Crippen LogP contribution in [0.5, 0.6) is 0 Å². The molecule has 1 aliphatic heterocycles. The lowest BCUT2D eigenvalue weighted by Gasteiger charge is -2.37. The van der Waals surface area contributed by atoms with Crippen LogP contribution in [-0.4, -0.2) is 53.5 Å². The molecule has 1 fully saturated rings. The Balaban J connectivity index is 2.96. The minimum Gasteiger partial charge on any atom is -0.336 e. The average molecular weight is 227 g/mol. The van der Waals surface area contributed by atoms with Crippen molar-refractivity contribution in [2.75, 3.05) is 20.1 Å². The average Bonchev–Trinajstić information content (AvgIpc) is 2.25. The van der Waals surface area contributed by atoms with Crippen molar-refractivity contribution in [3.8, 4) is 0 Å². The van der Waals surface area contributed by atoms with Crippen molar-refractivity contribution < 1.29 is 4.79 Å². The van der Waals surface area contributed by atoms with Gasteiger partial charge in [-0.25, -0.2) is 0 Å². The highest BCUT2D eigenvalue weighted by atomic mass is 16.2. The van der Waals surface area contributed by atoms with E-state index in [4.69, 9.17) is 5.73 Å². The molecule has 2 atom stereocenters. The zero-order valence-corrected chi connectivity index (χ0v) is 11.2. The van der Waals surface area contributed by atoms with Crippen LogP contribution in [-0.2, 0) is 4.79 Å². The second kappa shape index (κ2) is 4.72. The molecule has 0 aromatic heterocycles. The summed E-state index contributed by atoms with van der Waals surface area (Å²) in [4.78, 5) is 16.5. The van der Waals surface area contributed by atoms with E-state index in [1.54, 1.807) is 0 Å². The van der Waals surface area contributed by atoms with Gasteiger partial charge in [-0.1, -0.05) is 0 Å². The second-order valence-electron chi connectivity index (χ2n) is 5.72. The van der Waals surface area contributed by atoms with Gasteiger partial charge in [-0.15, -0.1) is 0 Å². The molecule has 1 rings (SSSR count). The van der Waals surface area contributed by atoms with E-state index in [-0.39, 0.29) is 17.5 Å². The summed E-state index contributed by atoms with van der Waals surface area (Å²) in [5.74, 6) is 0.168. The molecule has 1 aliphatic rings. The highest BCUT2D eigenvalue weighted by molar-refractivity contribution is 5.83. The third kappa shape index (κ3) is 2.55. The topological polar surface area (TPSA) is 49.6 Å². The van der Waals surface area contributed by atoms with Crippen molar-refractivity contribution in [3.05, 3.63) is 0 Å². The Kier molecular flexibility index (Phi) is 3.97. The predicted molar refractivity (Wildman–Crippen MR) is 66.2 cm³/mol. The summed E-state index contributed by atoms with van der Waals surface area (Å²) in [5, 5.41) is 0. The van der Waals surface area contributed by atoms with Crippen molar-refractivity contribution in [1.82, 2.24) is 9.80 Å². The molecule has 16 heavy (non-hydrogen) atoms. The summed E-state index contributed by atoms with van der Waals surface area (Å²) in [5.41, 5.74) is 5.62. The van der Waals surface area contributed by atoms with E-state index in [0.29, 0.717) is 12.6 Å². The van der Waals surface area contributed by atoms with E-state index in [2.05, 4.69) is 32.6 Å². The first kappa shape index (κ1) is 13.5. The van der Waals surface area contributed by atoms with Crippen molar-refractivity contribution >= 4 is 5.91 Å². The first-order valence-corrected chi connectivity index (χ1v) is 6.02. The molecule has 2 unspecified atom stereocenters. The zero-order chi connectivity index (χ0) is 12.5. The molecular formula is C12H25N3O. The Morgan fingerprint density at radius 2 is 2.00 bits per heavy atom. The third-order valence-electron chi connectivity index (χ3n) is 3.54. The van der Waals surface area contributed by atoms with Gasteiger partial charge >= 0.3 is 0 Å². The zero-order valence-electron chi connectivity index (χ0n) is 11.2. The molecule has 0 saturated carbocycles. The van der Waals surface area contributed by atoms with Crippen LogP contribution < -0.4 is 5.73 Å². The van der Waals surface area contributed by atoms with Crippen LogP contribution in [0.25, 0.3) is 0 Å². The molecule has 4 heteroatoms. The van der Waals surface area contributed by atoms with Gasteiger partial charge < -0.3 is 10.6 Å². The smallest absolute Gasteiger partial charge is 0.241 e. The molecular weight excluding hydrogens is 202 g/mol. The summed E-state index contributed by atoms with van der Waals surface area (Å²) in [6.45, 7) is 9.61. The highest BCUT2D eigenvalue weighted by Gasteiger charge is 2.37. The Bertz CT molecular complexity index is 259. The number of carbonyl (C=O) groups is 1. The molecule has 0 bridgehead atoms. The van der Waals surface area contributed by atoms with Crippen molar-refractivity contribution in [2.24, 2.45) is 5.73 Å². The van der Waals surface area contributed by atoms with Crippen LogP contribution in [0.4, 0.5) is 0 Å². The van der Waals surface area contributed by atoms with Crippen LogP contribution in [0.2, 0.25) is 0 Å². The second-order valence-corrected chi connectivity index (χ2v) is 5.72. The van der Waals surface area contributed by atoms with Crippen LogP contribution in [0.15, 0.2) is 0 Å². The van der Waals surface area contributed by atoms with Gasteiger partial charge in [-0.2, -0.15) is 0 Å². The van der Waals surface area contributed by atoms with Gasteiger partial charge in [0.1, 0.15) is 6.04 Å².